The van der Waals surface area contributed by atoms with Crippen molar-refractivity contribution in [1.82, 2.24) is 0 Å². The molecule has 138 valence electrons. The summed E-state index contributed by atoms with van der Waals surface area (Å²) in [6, 6.07) is 12.0. The summed E-state index contributed by atoms with van der Waals surface area (Å²) >= 11 is 5.90. The summed E-state index contributed by atoms with van der Waals surface area (Å²) in [7, 11) is 0. The van der Waals surface area contributed by atoms with Crippen molar-refractivity contribution in [2.24, 2.45) is 0 Å². The zero-order chi connectivity index (χ0) is 19.4. The predicted octanol–water partition coefficient (Wildman–Crippen LogP) is 4.17. The number of hydrogen-bond donors (Lipinski definition) is 3. The number of carboxylic acids is 1. The van der Waals surface area contributed by atoms with E-state index >= 15 is 0 Å². The van der Waals surface area contributed by atoms with Crippen LogP contribution in [0.15, 0.2) is 59.2 Å². The van der Waals surface area contributed by atoms with Gasteiger partial charge in [0.1, 0.15) is 23.7 Å². The van der Waals surface area contributed by atoms with Crippen molar-refractivity contribution in [3.05, 3.63) is 76.7 Å². The number of aromatic hydroxyl groups is 1. The molecule has 0 aliphatic rings. The number of amides is 1. The Kier molecular flexibility index (Phi) is 5.33. The van der Waals surface area contributed by atoms with Crippen molar-refractivity contribution in [1.29, 1.82) is 0 Å². The Labute approximate surface area is 158 Å². The molecule has 0 aliphatic heterocycles. The molecule has 0 unspecified atom stereocenters. The van der Waals surface area contributed by atoms with E-state index < -0.39 is 11.9 Å². The second-order valence-corrected chi connectivity index (χ2v) is 5.93. The van der Waals surface area contributed by atoms with Crippen LogP contribution in [0.4, 0.5) is 5.69 Å². The molecule has 3 N–H and O–H groups in total. The van der Waals surface area contributed by atoms with Gasteiger partial charge in [0.2, 0.25) is 0 Å². The number of furan rings is 1. The maximum Gasteiger partial charge on any atom is 0.339 e. The third kappa shape index (κ3) is 4.39. The zero-order valence-corrected chi connectivity index (χ0v) is 14.6. The number of halogens is 1. The lowest BCUT2D eigenvalue weighted by molar-refractivity contribution is 0.0693. The van der Waals surface area contributed by atoms with Gasteiger partial charge in [0.15, 0.2) is 5.76 Å². The van der Waals surface area contributed by atoms with Crippen molar-refractivity contribution in [3.63, 3.8) is 0 Å². The summed E-state index contributed by atoms with van der Waals surface area (Å²) in [6.07, 6.45) is 1.35. The summed E-state index contributed by atoms with van der Waals surface area (Å²) in [4.78, 5) is 23.5. The molecule has 0 bridgehead atoms. The second kappa shape index (κ2) is 7.84. The number of ether oxygens (including phenoxy) is 1. The Morgan fingerprint density at radius 3 is 2.67 bits per heavy atom. The molecule has 0 fully saturated rings. The molecule has 2 aromatic carbocycles. The first-order valence-corrected chi connectivity index (χ1v) is 8.14. The number of hydrogen-bond acceptors (Lipinski definition) is 5. The van der Waals surface area contributed by atoms with Crippen LogP contribution in [0.3, 0.4) is 0 Å². The zero-order valence-electron chi connectivity index (χ0n) is 13.8. The minimum Gasteiger partial charge on any atom is -0.507 e. The number of phenols is 1. The van der Waals surface area contributed by atoms with E-state index in [4.69, 9.17) is 25.9 Å². The number of benzene rings is 2. The lowest BCUT2D eigenvalue weighted by Gasteiger charge is -2.08. The molecule has 7 nitrogen and oxygen atoms in total. The standard InChI is InChI=1S/C19H14ClNO6/c20-11-2-1-3-13(8-11)27-10-17-14(6-7-26-17)18(23)21-12-4-5-16(22)15(9-12)19(24)25/h1-9,22H,10H2,(H,21,23)(H,24,25). The van der Waals surface area contributed by atoms with Crippen LogP contribution >= 0.6 is 11.6 Å². The summed E-state index contributed by atoms with van der Waals surface area (Å²) in [5.41, 5.74) is 0.143. The molecule has 0 atom stereocenters. The van der Waals surface area contributed by atoms with Gasteiger partial charge in [0.25, 0.3) is 5.91 Å². The van der Waals surface area contributed by atoms with Crippen molar-refractivity contribution < 1.29 is 29.0 Å². The first kappa shape index (κ1) is 18.3. The van der Waals surface area contributed by atoms with Gasteiger partial charge in [-0.3, -0.25) is 4.79 Å². The molecule has 0 saturated heterocycles. The highest BCUT2D eigenvalue weighted by molar-refractivity contribution is 6.30. The van der Waals surface area contributed by atoms with E-state index in [2.05, 4.69) is 5.32 Å². The van der Waals surface area contributed by atoms with Crippen molar-refractivity contribution >= 4 is 29.2 Å². The van der Waals surface area contributed by atoms with Crippen LogP contribution in [-0.2, 0) is 6.61 Å². The predicted molar refractivity (Wildman–Crippen MR) is 97.5 cm³/mol. The SMILES string of the molecule is O=C(O)c1cc(NC(=O)c2ccoc2COc2cccc(Cl)c2)ccc1O. The van der Waals surface area contributed by atoms with E-state index in [1.165, 1.54) is 24.5 Å². The maximum absolute atomic E-state index is 12.5. The van der Waals surface area contributed by atoms with Gasteiger partial charge in [-0.2, -0.15) is 0 Å². The number of rotatable bonds is 6. The number of aromatic carboxylic acids is 1. The number of carbonyl (C=O) groups is 2. The van der Waals surface area contributed by atoms with Crippen LogP contribution in [-0.4, -0.2) is 22.1 Å². The summed E-state index contributed by atoms with van der Waals surface area (Å²) in [6.45, 7) is 0.00600. The maximum atomic E-state index is 12.5. The van der Waals surface area contributed by atoms with Gasteiger partial charge in [0.05, 0.1) is 11.8 Å². The molecule has 27 heavy (non-hydrogen) atoms. The topological polar surface area (TPSA) is 109 Å². The molecule has 3 aromatic rings. The van der Waals surface area contributed by atoms with Crippen LogP contribution in [0.2, 0.25) is 5.02 Å². The van der Waals surface area contributed by atoms with Gasteiger partial charge in [-0.05, 0) is 42.5 Å². The highest BCUT2D eigenvalue weighted by atomic mass is 35.5. The molecule has 0 saturated carbocycles. The third-order valence-corrected chi connectivity index (χ3v) is 3.88. The molecule has 1 heterocycles. The fourth-order valence-electron chi connectivity index (χ4n) is 2.34. The van der Waals surface area contributed by atoms with Crippen LogP contribution in [0, 0.1) is 0 Å². The Bertz CT molecular complexity index is 997. The third-order valence-electron chi connectivity index (χ3n) is 3.64. The van der Waals surface area contributed by atoms with Gasteiger partial charge < -0.3 is 24.7 Å². The van der Waals surface area contributed by atoms with Crippen molar-refractivity contribution in [2.75, 3.05) is 5.32 Å². The Morgan fingerprint density at radius 1 is 1.11 bits per heavy atom. The fraction of sp³-hybridized carbons (Fsp3) is 0.0526. The minimum absolute atomic E-state index is 0.00600. The van der Waals surface area contributed by atoms with Gasteiger partial charge >= 0.3 is 5.97 Å². The largest absolute Gasteiger partial charge is 0.507 e. The molecule has 0 radical (unpaired) electrons. The number of nitrogens with one attached hydrogen (secondary N) is 1. The summed E-state index contributed by atoms with van der Waals surface area (Å²) in [5.74, 6) is -1.38. The summed E-state index contributed by atoms with van der Waals surface area (Å²) < 4.78 is 10.9. The molecule has 1 amide bonds. The van der Waals surface area contributed by atoms with E-state index in [1.54, 1.807) is 24.3 Å². The van der Waals surface area contributed by atoms with Crippen molar-refractivity contribution in [3.8, 4) is 11.5 Å². The van der Waals surface area contributed by atoms with E-state index in [-0.39, 0.29) is 29.2 Å². The van der Waals surface area contributed by atoms with Crippen LogP contribution in [0.1, 0.15) is 26.5 Å². The smallest absolute Gasteiger partial charge is 0.339 e. The monoisotopic (exact) mass is 387 g/mol. The first-order chi connectivity index (χ1) is 12.9. The second-order valence-electron chi connectivity index (χ2n) is 5.49. The Hall–Kier alpha value is -3.45. The molecule has 3 rings (SSSR count). The van der Waals surface area contributed by atoms with E-state index in [1.807, 2.05) is 0 Å². The molecular weight excluding hydrogens is 374 g/mol. The van der Waals surface area contributed by atoms with Crippen LogP contribution < -0.4 is 10.1 Å². The average molecular weight is 388 g/mol. The fourth-order valence-corrected chi connectivity index (χ4v) is 2.52. The van der Waals surface area contributed by atoms with Gasteiger partial charge in [-0.1, -0.05) is 17.7 Å². The van der Waals surface area contributed by atoms with Gasteiger partial charge in [-0.25, -0.2) is 4.79 Å². The van der Waals surface area contributed by atoms with E-state index in [9.17, 15) is 14.7 Å². The number of carbonyl (C=O) groups excluding carboxylic acids is 1. The first-order valence-electron chi connectivity index (χ1n) is 7.76. The van der Waals surface area contributed by atoms with E-state index in [0.717, 1.165) is 6.07 Å². The molecule has 0 spiro atoms. The number of carboxylic acid groups (broad SMARTS) is 1. The molecular formula is C19H14ClNO6. The Balaban J connectivity index is 1.72. The molecule has 0 aliphatic carbocycles. The normalized spacial score (nSPS) is 10.4. The van der Waals surface area contributed by atoms with Crippen LogP contribution in [0.5, 0.6) is 11.5 Å². The molecule has 1 aromatic heterocycles. The molecule has 8 heteroatoms. The van der Waals surface area contributed by atoms with E-state index in [0.29, 0.717) is 16.5 Å². The lowest BCUT2D eigenvalue weighted by Crippen LogP contribution is -2.14. The summed E-state index contributed by atoms with van der Waals surface area (Å²) in [5, 5.41) is 21.7. The Morgan fingerprint density at radius 2 is 1.93 bits per heavy atom. The van der Waals surface area contributed by atoms with Crippen LogP contribution in [0.25, 0.3) is 0 Å². The average Bonchev–Trinajstić information content (AvgIpc) is 3.10. The highest BCUT2D eigenvalue weighted by Crippen LogP contribution is 2.23. The van der Waals surface area contributed by atoms with Gasteiger partial charge in [0, 0.05) is 10.7 Å². The quantitative estimate of drug-likeness (QED) is 0.548. The highest BCUT2D eigenvalue weighted by Gasteiger charge is 2.17. The number of anilines is 1. The lowest BCUT2D eigenvalue weighted by atomic mass is 10.1. The van der Waals surface area contributed by atoms with Crippen molar-refractivity contribution in [2.45, 2.75) is 6.61 Å². The minimum atomic E-state index is -1.30. The van der Waals surface area contributed by atoms with Gasteiger partial charge in [-0.15, -0.1) is 0 Å².